The van der Waals surface area contributed by atoms with E-state index in [0.29, 0.717) is 30.9 Å². The molecule has 176 valence electrons. The monoisotopic (exact) mass is 454 g/mol. The summed E-state index contributed by atoms with van der Waals surface area (Å²) in [6.07, 6.45) is 5.84. The molecule has 11 heteroatoms. The van der Waals surface area contributed by atoms with Crippen LogP contribution in [0.3, 0.4) is 0 Å². The van der Waals surface area contributed by atoms with Crippen LogP contribution >= 0.6 is 0 Å². The average molecular weight is 455 g/mol. The fourth-order valence-corrected chi connectivity index (χ4v) is 4.11. The summed E-state index contributed by atoms with van der Waals surface area (Å²) in [6, 6.07) is 1.20. The highest BCUT2D eigenvalue weighted by Gasteiger charge is 2.39. The molecule has 3 N–H and O–H groups in total. The fraction of sp³-hybridized carbons (Fsp3) is 0.500. The van der Waals surface area contributed by atoms with Crippen LogP contribution in [0.4, 0.5) is 10.6 Å². The molecular formula is C22H30N8O3. The van der Waals surface area contributed by atoms with Crippen molar-refractivity contribution in [1.82, 2.24) is 34.6 Å². The van der Waals surface area contributed by atoms with Gasteiger partial charge in [-0.2, -0.15) is 14.7 Å². The highest BCUT2D eigenvalue weighted by molar-refractivity contribution is 5.86. The van der Waals surface area contributed by atoms with Gasteiger partial charge in [-0.3, -0.25) is 14.8 Å². The zero-order chi connectivity index (χ0) is 23.9. The van der Waals surface area contributed by atoms with Gasteiger partial charge >= 0.3 is 6.09 Å². The van der Waals surface area contributed by atoms with Gasteiger partial charge in [0.25, 0.3) is 0 Å². The van der Waals surface area contributed by atoms with Crippen LogP contribution in [-0.2, 0) is 9.53 Å². The Morgan fingerprint density at radius 3 is 2.64 bits per heavy atom. The first-order chi connectivity index (χ1) is 15.5. The number of rotatable bonds is 3. The average Bonchev–Trinajstić information content (AvgIpc) is 3.41. The van der Waals surface area contributed by atoms with Crippen molar-refractivity contribution in [1.29, 1.82) is 0 Å². The van der Waals surface area contributed by atoms with Crippen LogP contribution in [0.25, 0.3) is 16.8 Å². The number of anilines is 1. The molecule has 1 saturated heterocycles. The largest absolute Gasteiger partial charge is 0.444 e. The molecular weight excluding hydrogens is 424 g/mol. The Kier molecular flexibility index (Phi) is 5.73. The van der Waals surface area contributed by atoms with E-state index in [1.54, 1.807) is 43.3 Å². The van der Waals surface area contributed by atoms with E-state index in [4.69, 9.17) is 15.5 Å². The Morgan fingerprint density at radius 1 is 1.24 bits per heavy atom. The van der Waals surface area contributed by atoms with Crippen LogP contribution in [-0.4, -0.2) is 78.9 Å². The number of likely N-dealkylation sites (tertiary alicyclic amines) is 1. The lowest BCUT2D eigenvalue weighted by atomic mass is 9.89. The Morgan fingerprint density at radius 2 is 2.00 bits per heavy atom. The molecule has 1 aliphatic heterocycles. The van der Waals surface area contributed by atoms with E-state index in [1.165, 1.54) is 9.80 Å². The number of H-pyrrole nitrogens is 1. The molecule has 0 aromatic carbocycles. The molecule has 3 aromatic heterocycles. The van der Waals surface area contributed by atoms with Gasteiger partial charge in [0, 0.05) is 49.9 Å². The zero-order valence-electron chi connectivity index (χ0n) is 19.6. The van der Waals surface area contributed by atoms with Crippen LogP contribution in [0.2, 0.25) is 0 Å². The maximum Gasteiger partial charge on any atom is 0.410 e. The maximum atomic E-state index is 13.0. The van der Waals surface area contributed by atoms with Crippen molar-refractivity contribution in [2.75, 3.05) is 26.4 Å². The Bertz CT molecular complexity index is 1160. The second-order valence-corrected chi connectivity index (χ2v) is 9.54. The zero-order valence-corrected chi connectivity index (χ0v) is 19.6. The fourth-order valence-electron chi connectivity index (χ4n) is 4.11. The number of nitrogen functional groups attached to an aromatic ring is 1. The number of likely N-dealkylation sites (N-methyl/N-ethyl adjacent to an activating group) is 1. The van der Waals surface area contributed by atoms with Gasteiger partial charge in [0.15, 0.2) is 5.65 Å². The van der Waals surface area contributed by atoms with Crippen LogP contribution < -0.4 is 5.73 Å². The third-order valence-electron chi connectivity index (χ3n) is 5.68. The van der Waals surface area contributed by atoms with E-state index in [-0.39, 0.29) is 11.8 Å². The SMILES string of the molecule is CN(C)C(=O)[C@@H]1CC[C@H](c2cc(N)n3ncc(-c4cn[nH]c4)c3n2)CN1C(=O)OC(C)(C)C. The first kappa shape index (κ1) is 22.6. The molecule has 0 bridgehead atoms. The quantitative estimate of drug-likeness (QED) is 0.620. The summed E-state index contributed by atoms with van der Waals surface area (Å²) in [7, 11) is 3.38. The summed E-state index contributed by atoms with van der Waals surface area (Å²) >= 11 is 0. The second kappa shape index (κ2) is 8.38. The maximum absolute atomic E-state index is 13.0. The number of aromatic amines is 1. The van der Waals surface area contributed by atoms with Crippen molar-refractivity contribution in [3.05, 3.63) is 30.4 Å². The molecule has 0 aliphatic carbocycles. The molecule has 0 spiro atoms. The molecule has 4 rings (SSSR count). The number of nitrogens with one attached hydrogen (secondary N) is 1. The van der Waals surface area contributed by atoms with Gasteiger partial charge in [-0.05, 0) is 33.6 Å². The lowest BCUT2D eigenvalue weighted by molar-refractivity contribution is -0.135. The van der Waals surface area contributed by atoms with E-state index in [1.807, 2.05) is 20.8 Å². The number of ether oxygens (including phenoxy) is 1. The van der Waals surface area contributed by atoms with Gasteiger partial charge in [0.1, 0.15) is 17.5 Å². The van der Waals surface area contributed by atoms with E-state index in [2.05, 4.69) is 15.3 Å². The van der Waals surface area contributed by atoms with Gasteiger partial charge in [-0.25, -0.2) is 9.78 Å². The predicted molar refractivity (Wildman–Crippen MR) is 122 cm³/mol. The van der Waals surface area contributed by atoms with Crippen molar-refractivity contribution in [3.8, 4) is 11.1 Å². The topological polar surface area (TPSA) is 135 Å². The number of fused-ring (bicyclic) bond motifs is 1. The van der Waals surface area contributed by atoms with Crippen molar-refractivity contribution < 1.29 is 14.3 Å². The van der Waals surface area contributed by atoms with Crippen molar-refractivity contribution in [2.45, 2.75) is 51.2 Å². The number of aromatic nitrogens is 5. The lowest BCUT2D eigenvalue weighted by Gasteiger charge is -2.40. The highest BCUT2D eigenvalue weighted by atomic mass is 16.6. The van der Waals surface area contributed by atoms with Crippen LogP contribution in [0.1, 0.15) is 45.2 Å². The molecule has 11 nitrogen and oxygen atoms in total. The van der Waals surface area contributed by atoms with Gasteiger partial charge in [0.2, 0.25) is 5.91 Å². The Labute approximate surface area is 191 Å². The molecule has 1 fully saturated rings. The highest BCUT2D eigenvalue weighted by Crippen LogP contribution is 2.33. The molecule has 3 aromatic rings. The number of carbonyl (C=O) groups is 2. The molecule has 0 saturated carbocycles. The van der Waals surface area contributed by atoms with Crippen molar-refractivity contribution >= 4 is 23.5 Å². The molecule has 0 unspecified atom stereocenters. The van der Waals surface area contributed by atoms with Gasteiger partial charge < -0.3 is 15.4 Å². The van der Waals surface area contributed by atoms with Gasteiger partial charge in [-0.1, -0.05) is 0 Å². The first-order valence-corrected chi connectivity index (χ1v) is 10.9. The van der Waals surface area contributed by atoms with Crippen molar-refractivity contribution in [2.24, 2.45) is 0 Å². The second-order valence-electron chi connectivity index (χ2n) is 9.54. The standard InChI is InChI=1S/C22H30N8O3/c1-22(2,3)33-21(32)29-12-13(6-7-17(29)20(31)28(4)5)16-8-18(23)30-19(27-16)15(11-26-30)14-9-24-25-10-14/h8-11,13,17H,6-7,12,23H2,1-5H3,(H,24,25)/t13-,17-/m0/s1. The summed E-state index contributed by atoms with van der Waals surface area (Å²) in [6.45, 7) is 5.73. The molecule has 1 aliphatic rings. The number of hydrogen-bond acceptors (Lipinski definition) is 7. The number of nitrogens with two attached hydrogens (primary N) is 1. The predicted octanol–water partition coefficient (Wildman–Crippen LogP) is 2.27. The Hall–Kier alpha value is -3.63. The molecule has 2 amide bonds. The normalized spacial score (nSPS) is 19.0. The smallest absolute Gasteiger partial charge is 0.410 e. The third kappa shape index (κ3) is 4.48. The molecule has 0 radical (unpaired) electrons. The minimum absolute atomic E-state index is 0.108. The summed E-state index contributed by atoms with van der Waals surface area (Å²) < 4.78 is 7.20. The number of hydrogen-bond donors (Lipinski definition) is 2. The summed E-state index contributed by atoms with van der Waals surface area (Å²) in [4.78, 5) is 33.7. The minimum Gasteiger partial charge on any atom is -0.444 e. The molecule has 4 heterocycles. The van der Waals surface area contributed by atoms with Crippen LogP contribution in [0.5, 0.6) is 0 Å². The van der Waals surface area contributed by atoms with E-state index in [9.17, 15) is 9.59 Å². The number of amides is 2. The third-order valence-corrected chi connectivity index (χ3v) is 5.68. The van der Waals surface area contributed by atoms with E-state index in [0.717, 1.165) is 16.8 Å². The summed E-state index contributed by atoms with van der Waals surface area (Å²) in [5.74, 6) is 0.212. The number of carbonyl (C=O) groups excluding carboxylic acids is 2. The van der Waals surface area contributed by atoms with Gasteiger partial charge in [0.05, 0.1) is 18.1 Å². The molecule has 33 heavy (non-hydrogen) atoms. The van der Waals surface area contributed by atoms with Crippen molar-refractivity contribution in [3.63, 3.8) is 0 Å². The number of nitrogens with zero attached hydrogens (tertiary/aromatic N) is 6. The first-order valence-electron chi connectivity index (χ1n) is 10.9. The summed E-state index contributed by atoms with van der Waals surface area (Å²) in [5.41, 5.74) is 8.63. The van der Waals surface area contributed by atoms with E-state index >= 15 is 0 Å². The minimum atomic E-state index is -0.672. The van der Waals surface area contributed by atoms with E-state index < -0.39 is 17.7 Å². The van der Waals surface area contributed by atoms with Crippen LogP contribution in [0, 0.1) is 0 Å². The lowest BCUT2D eigenvalue weighted by Crippen LogP contribution is -2.54. The molecule has 2 atom stereocenters. The Balaban J connectivity index is 1.68. The number of piperidine rings is 1. The van der Waals surface area contributed by atoms with Gasteiger partial charge in [-0.15, -0.1) is 0 Å². The van der Waals surface area contributed by atoms with Crippen LogP contribution in [0.15, 0.2) is 24.7 Å². The summed E-state index contributed by atoms with van der Waals surface area (Å²) in [5, 5.41) is 11.2.